The Bertz CT molecular complexity index is 1140. The molecule has 0 spiro atoms. The van der Waals surface area contributed by atoms with Crippen molar-refractivity contribution >= 4 is 33.2 Å². The van der Waals surface area contributed by atoms with Crippen LogP contribution in [0.1, 0.15) is 32.3 Å². The smallest absolute Gasteiger partial charge is 0.245 e. The summed E-state index contributed by atoms with van der Waals surface area (Å²) >= 11 is 0. The van der Waals surface area contributed by atoms with Gasteiger partial charge in [-0.3, -0.25) is 14.3 Å². The van der Waals surface area contributed by atoms with E-state index in [-0.39, 0.29) is 11.8 Å². The van der Waals surface area contributed by atoms with Gasteiger partial charge in [0.1, 0.15) is 6.04 Å². The molecule has 2 aromatic carbocycles. The van der Waals surface area contributed by atoms with Gasteiger partial charge in [-0.1, -0.05) is 42.5 Å². The predicted molar refractivity (Wildman–Crippen MR) is 143 cm³/mol. The lowest BCUT2D eigenvalue weighted by Gasteiger charge is -2.38. The summed E-state index contributed by atoms with van der Waals surface area (Å²) in [6.07, 6.45) is 3.19. The van der Waals surface area contributed by atoms with Gasteiger partial charge in [0.2, 0.25) is 21.8 Å². The summed E-state index contributed by atoms with van der Waals surface area (Å²) in [5, 5.41) is 2.87. The summed E-state index contributed by atoms with van der Waals surface area (Å²) < 4.78 is 26.1. The second-order valence-corrected chi connectivity index (χ2v) is 11.6. The van der Waals surface area contributed by atoms with Crippen LogP contribution < -0.4 is 20.7 Å². The number of amides is 2. The van der Waals surface area contributed by atoms with E-state index in [2.05, 4.69) is 14.9 Å². The van der Waals surface area contributed by atoms with Gasteiger partial charge in [0.25, 0.3) is 0 Å². The molecule has 0 bridgehead atoms. The lowest BCUT2D eigenvalue weighted by atomic mass is 10.0. The summed E-state index contributed by atoms with van der Waals surface area (Å²) in [5.41, 5.74) is 7.35. The number of carbonyl (C=O) groups excluding carboxylic acids is 2. The maximum absolute atomic E-state index is 13.5. The number of sulfonamides is 1. The number of benzene rings is 2. The molecule has 2 amide bonds. The molecule has 36 heavy (non-hydrogen) atoms. The van der Waals surface area contributed by atoms with Crippen LogP contribution in [0.5, 0.6) is 0 Å². The van der Waals surface area contributed by atoms with Gasteiger partial charge < -0.3 is 20.9 Å². The predicted octanol–water partition coefficient (Wildman–Crippen LogP) is 1.95. The van der Waals surface area contributed by atoms with E-state index in [1.807, 2.05) is 42.5 Å². The van der Waals surface area contributed by atoms with Crippen LogP contribution in [0.15, 0.2) is 54.6 Å². The molecule has 1 saturated heterocycles. The van der Waals surface area contributed by atoms with Crippen LogP contribution in [-0.2, 0) is 26.0 Å². The van der Waals surface area contributed by atoms with Crippen molar-refractivity contribution in [2.45, 2.75) is 44.7 Å². The molecule has 3 rings (SSSR count). The van der Waals surface area contributed by atoms with Crippen molar-refractivity contribution in [1.82, 2.24) is 10.2 Å². The number of nitrogens with one attached hydrogen (secondary N) is 2. The first kappa shape index (κ1) is 27.5. The molecule has 0 aliphatic carbocycles. The first-order valence-corrected chi connectivity index (χ1v) is 14.1. The first-order chi connectivity index (χ1) is 16.9. The summed E-state index contributed by atoms with van der Waals surface area (Å²) in [7, 11) is -3.42. The summed E-state index contributed by atoms with van der Waals surface area (Å²) in [6.45, 7) is 5.25. The van der Waals surface area contributed by atoms with Gasteiger partial charge in [-0.25, -0.2) is 8.42 Å². The van der Waals surface area contributed by atoms with Gasteiger partial charge in [0.15, 0.2) is 0 Å². The number of nitrogens with zero attached hydrogens (tertiary/aromatic N) is 2. The average molecular weight is 516 g/mol. The van der Waals surface area contributed by atoms with Crippen LogP contribution in [0.4, 0.5) is 11.4 Å². The van der Waals surface area contributed by atoms with Crippen molar-refractivity contribution in [2.24, 2.45) is 5.73 Å². The molecule has 4 N–H and O–H groups in total. The van der Waals surface area contributed by atoms with Crippen LogP contribution in [0.25, 0.3) is 0 Å². The van der Waals surface area contributed by atoms with Crippen LogP contribution in [-0.4, -0.2) is 69.1 Å². The van der Waals surface area contributed by atoms with E-state index in [9.17, 15) is 18.0 Å². The highest BCUT2D eigenvalue weighted by molar-refractivity contribution is 7.92. The van der Waals surface area contributed by atoms with E-state index in [0.29, 0.717) is 38.3 Å². The lowest BCUT2D eigenvalue weighted by Crippen LogP contribution is -2.58. The summed E-state index contributed by atoms with van der Waals surface area (Å²) in [4.78, 5) is 29.9. The second-order valence-electron chi connectivity index (χ2n) is 9.83. The minimum atomic E-state index is -3.42. The molecule has 9 nitrogen and oxygen atoms in total. The third-order valence-electron chi connectivity index (χ3n) is 6.12. The molecule has 0 saturated carbocycles. The quantitative estimate of drug-likeness (QED) is 0.444. The van der Waals surface area contributed by atoms with Gasteiger partial charge >= 0.3 is 0 Å². The molecule has 196 valence electrons. The Balaban J connectivity index is 1.65. The van der Waals surface area contributed by atoms with Gasteiger partial charge in [-0.05, 0) is 50.8 Å². The van der Waals surface area contributed by atoms with Crippen molar-refractivity contribution in [3.63, 3.8) is 0 Å². The molecular formula is C26H37N5O4S. The zero-order valence-electron chi connectivity index (χ0n) is 21.2. The van der Waals surface area contributed by atoms with Gasteiger partial charge in [0.05, 0.1) is 23.2 Å². The summed E-state index contributed by atoms with van der Waals surface area (Å²) in [6, 6.07) is 16.6. The number of para-hydroxylation sites is 2. The fourth-order valence-corrected chi connectivity index (χ4v) is 4.75. The number of piperazine rings is 1. The van der Waals surface area contributed by atoms with E-state index in [4.69, 9.17) is 5.73 Å². The van der Waals surface area contributed by atoms with Crippen molar-refractivity contribution in [3.8, 4) is 0 Å². The first-order valence-electron chi connectivity index (χ1n) is 12.2. The maximum atomic E-state index is 13.5. The number of aryl methyl sites for hydroxylation is 1. The Labute approximate surface area is 214 Å². The fraction of sp³-hybridized carbons (Fsp3) is 0.462. The minimum absolute atomic E-state index is 0.122. The van der Waals surface area contributed by atoms with E-state index >= 15 is 0 Å². The molecule has 0 radical (unpaired) electrons. The number of hydrogen-bond acceptors (Lipinski definition) is 6. The fourth-order valence-electron chi connectivity index (χ4n) is 4.18. The average Bonchev–Trinajstić information content (AvgIpc) is 2.82. The molecule has 1 fully saturated rings. The van der Waals surface area contributed by atoms with Crippen LogP contribution >= 0.6 is 0 Å². The van der Waals surface area contributed by atoms with Crippen LogP contribution in [0.3, 0.4) is 0 Å². The number of carbonyl (C=O) groups is 2. The van der Waals surface area contributed by atoms with Crippen molar-refractivity contribution in [2.75, 3.05) is 42.1 Å². The molecule has 1 atom stereocenters. The van der Waals surface area contributed by atoms with Crippen molar-refractivity contribution in [1.29, 1.82) is 0 Å². The molecule has 10 heteroatoms. The molecule has 1 aliphatic heterocycles. The van der Waals surface area contributed by atoms with E-state index in [1.165, 1.54) is 5.56 Å². The van der Waals surface area contributed by atoms with E-state index in [1.54, 1.807) is 30.9 Å². The van der Waals surface area contributed by atoms with Gasteiger partial charge in [-0.15, -0.1) is 0 Å². The number of nitrogens with two attached hydrogens (primary N) is 1. The Morgan fingerprint density at radius 3 is 2.22 bits per heavy atom. The number of anilines is 2. The zero-order chi connectivity index (χ0) is 26.3. The highest BCUT2D eigenvalue weighted by Crippen LogP contribution is 2.27. The highest BCUT2D eigenvalue weighted by atomic mass is 32.2. The molecular weight excluding hydrogens is 478 g/mol. The molecule has 1 heterocycles. The van der Waals surface area contributed by atoms with Crippen molar-refractivity contribution < 1.29 is 18.0 Å². The number of rotatable bonds is 10. The molecule has 1 aliphatic rings. The molecule has 0 aromatic heterocycles. The normalized spacial score (nSPS) is 15.3. The van der Waals surface area contributed by atoms with Crippen LogP contribution in [0.2, 0.25) is 0 Å². The second kappa shape index (κ2) is 11.7. The third kappa shape index (κ3) is 7.96. The summed E-state index contributed by atoms with van der Waals surface area (Å²) in [5.74, 6) is -0.483. The minimum Gasteiger partial charge on any atom is -0.366 e. The van der Waals surface area contributed by atoms with Crippen molar-refractivity contribution in [3.05, 3.63) is 60.2 Å². The zero-order valence-corrected chi connectivity index (χ0v) is 22.1. The SMILES string of the molecule is CC(C)(N)C(=O)N[C@H](CCCc1ccccc1)C(=O)N1CCN(c2ccccc2NS(C)(=O)=O)CC1. The topological polar surface area (TPSA) is 125 Å². The standard InChI is InChI=1S/C26H37N5O4S/c1-26(2,27)25(33)28-22(14-9-12-20-10-5-4-6-11-20)24(32)31-18-16-30(17-19-31)23-15-8-7-13-21(23)29-36(3,34)35/h4-8,10-11,13,15,22,29H,9,12,14,16-19,27H2,1-3H3,(H,28,33)/t22-/m1/s1. The van der Waals surface area contributed by atoms with E-state index < -0.39 is 21.6 Å². The Morgan fingerprint density at radius 2 is 1.61 bits per heavy atom. The Morgan fingerprint density at radius 1 is 1.00 bits per heavy atom. The van der Waals surface area contributed by atoms with Gasteiger partial charge in [-0.2, -0.15) is 0 Å². The number of hydrogen-bond donors (Lipinski definition) is 3. The van der Waals surface area contributed by atoms with Gasteiger partial charge in [0, 0.05) is 26.2 Å². The Kier molecular flexibility index (Phi) is 8.97. The molecule has 2 aromatic rings. The van der Waals surface area contributed by atoms with E-state index in [0.717, 1.165) is 24.8 Å². The molecule has 0 unspecified atom stereocenters. The lowest BCUT2D eigenvalue weighted by molar-refractivity contribution is -0.138. The monoisotopic (exact) mass is 515 g/mol. The highest BCUT2D eigenvalue weighted by Gasteiger charge is 2.32. The largest absolute Gasteiger partial charge is 0.366 e. The van der Waals surface area contributed by atoms with Crippen LogP contribution in [0, 0.1) is 0 Å². The third-order valence-corrected chi connectivity index (χ3v) is 6.71. The Hall–Kier alpha value is -3.11. The maximum Gasteiger partial charge on any atom is 0.245 e.